The average molecular weight is 232 g/mol. The first-order chi connectivity index (χ1) is 7.31. The summed E-state index contributed by atoms with van der Waals surface area (Å²) in [6.07, 6.45) is -0.372. The number of aliphatic hydroxyl groups excluding tert-OH is 1. The van der Waals surface area contributed by atoms with Gasteiger partial charge >= 0.3 is 11.9 Å². The van der Waals surface area contributed by atoms with Crippen molar-refractivity contribution in [3.8, 4) is 0 Å². The molecule has 0 aromatic carbocycles. The summed E-state index contributed by atoms with van der Waals surface area (Å²) in [6.45, 7) is -1.29. The van der Waals surface area contributed by atoms with Crippen molar-refractivity contribution >= 4 is 17.8 Å². The van der Waals surface area contributed by atoms with Crippen LogP contribution < -0.4 is 5.73 Å². The highest BCUT2D eigenvalue weighted by Crippen LogP contribution is 2.25. The van der Waals surface area contributed by atoms with Gasteiger partial charge < -0.3 is 26.0 Å². The maximum absolute atomic E-state index is 11.2. The first-order valence-electron chi connectivity index (χ1n) is 4.47. The van der Waals surface area contributed by atoms with Crippen LogP contribution in [0.1, 0.15) is 6.42 Å². The van der Waals surface area contributed by atoms with Crippen LogP contribution in [-0.4, -0.2) is 62.8 Å². The van der Waals surface area contributed by atoms with E-state index in [1.54, 1.807) is 0 Å². The summed E-state index contributed by atoms with van der Waals surface area (Å²) in [5, 5.41) is 26.3. The van der Waals surface area contributed by atoms with Crippen LogP contribution in [0.5, 0.6) is 0 Å². The third-order valence-electron chi connectivity index (χ3n) is 2.55. The minimum Gasteiger partial charge on any atom is -0.480 e. The van der Waals surface area contributed by atoms with E-state index in [1.807, 2.05) is 0 Å². The molecule has 0 saturated carbocycles. The molecule has 0 aromatic heterocycles. The number of hydrogen-bond acceptors (Lipinski definition) is 5. The van der Waals surface area contributed by atoms with Gasteiger partial charge in [0.2, 0.25) is 5.91 Å². The quantitative estimate of drug-likeness (QED) is 0.419. The lowest BCUT2D eigenvalue weighted by Crippen LogP contribution is -2.50. The molecule has 0 spiro atoms. The fourth-order valence-corrected chi connectivity index (χ4v) is 1.66. The van der Waals surface area contributed by atoms with Gasteiger partial charge in [-0.25, -0.2) is 4.79 Å². The van der Waals surface area contributed by atoms with Crippen LogP contribution in [0.2, 0.25) is 0 Å². The molecule has 90 valence electrons. The predicted octanol–water partition coefficient (Wildman–Crippen LogP) is -2.55. The second-order valence-electron chi connectivity index (χ2n) is 3.70. The zero-order valence-corrected chi connectivity index (χ0v) is 8.29. The van der Waals surface area contributed by atoms with E-state index in [9.17, 15) is 14.4 Å². The summed E-state index contributed by atoms with van der Waals surface area (Å²) in [4.78, 5) is 33.6. The van der Waals surface area contributed by atoms with Gasteiger partial charge in [-0.05, 0) is 0 Å². The smallest absolute Gasteiger partial charge is 0.326 e. The highest BCUT2D eigenvalue weighted by Gasteiger charge is 2.51. The Kier molecular flexibility index (Phi) is 3.15. The highest BCUT2D eigenvalue weighted by molar-refractivity contribution is 5.89. The van der Waals surface area contributed by atoms with Gasteiger partial charge in [-0.1, -0.05) is 0 Å². The number of aliphatic carboxylic acids is 2. The number of aliphatic hydroxyl groups is 1. The van der Waals surface area contributed by atoms with Crippen molar-refractivity contribution < 1.29 is 29.7 Å². The molecule has 16 heavy (non-hydrogen) atoms. The second kappa shape index (κ2) is 4.06. The molecule has 0 aliphatic carbocycles. The summed E-state index contributed by atoms with van der Waals surface area (Å²) in [5.41, 5.74) is 3.70. The Morgan fingerprint density at radius 1 is 1.38 bits per heavy atom. The molecule has 0 bridgehead atoms. The van der Waals surface area contributed by atoms with Crippen LogP contribution in [0.25, 0.3) is 0 Å². The highest BCUT2D eigenvalue weighted by atomic mass is 16.4. The van der Waals surface area contributed by atoms with Gasteiger partial charge in [0.15, 0.2) is 0 Å². The molecule has 8 heteroatoms. The number of carboxylic acid groups (broad SMARTS) is 2. The van der Waals surface area contributed by atoms with Crippen LogP contribution in [0, 0.1) is 0 Å². The number of hydrogen-bond donors (Lipinski definition) is 4. The molecule has 1 heterocycles. The lowest BCUT2D eigenvalue weighted by atomic mass is 9.98. The maximum Gasteiger partial charge on any atom is 0.326 e. The molecule has 8 nitrogen and oxygen atoms in total. The molecule has 1 rings (SSSR count). The van der Waals surface area contributed by atoms with Crippen LogP contribution in [0.4, 0.5) is 0 Å². The van der Waals surface area contributed by atoms with Gasteiger partial charge in [0.25, 0.3) is 0 Å². The number of carbonyl (C=O) groups excluding carboxylic acids is 1. The fraction of sp³-hybridized carbons (Fsp3) is 0.625. The SMILES string of the molecule is NC1(C(=O)O)CC(C(=O)O)N(C(=O)CO)C1. The Bertz CT molecular complexity index is 343. The van der Waals surface area contributed by atoms with E-state index < -0.39 is 42.6 Å². The molecule has 2 atom stereocenters. The third-order valence-corrected chi connectivity index (χ3v) is 2.55. The number of likely N-dealkylation sites (tertiary alicyclic amines) is 1. The standard InChI is InChI=1S/C8H12N2O6/c9-8(7(15)16)1-4(6(13)14)10(3-8)5(12)2-11/h4,11H,1-3,9H2,(H,13,14)(H,15,16). The average Bonchev–Trinajstić information content (AvgIpc) is 2.57. The molecule has 1 amide bonds. The van der Waals surface area contributed by atoms with Crippen LogP contribution in [-0.2, 0) is 14.4 Å². The van der Waals surface area contributed by atoms with E-state index in [0.717, 1.165) is 4.90 Å². The van der Waals surface area contributed by atoms with Crippen molar-refractivity contribution in [3.05, 3.63) is 0 Å². The number of amides is 1. The van der Waals surface area contributed by atoms with Crippen molar-refractivity contribution in [2.24, 2.45) is 5.73 Å². The Labute approximate surface area is 90.3 Å². The number of nitrogens with two attached hydrogens (primary N) is 1. The topological polar surface area (TPSA) is 141 Å². The number of carboxylic acids is 2. The van der Waals surface area contributed by atoms with Gasteiger partial charge in [0.1, 0.15) is 18.2 Å². The molecule has 0 radical (unpaired) electrons. The summed E-state index contributed by atoms with van der Waals surface area (Å²) in [6, 6.07) is -1.30. The van der Waals surface area contributed by atoms with E-state index in [-0.39, 0.29) is 6.42 Å². The monoisotopic (exact) mass is 232 g/mol. The Hall–Kier alpha value is -1.67. The zero-order chi connectivity index (χ0) is 12.5. The second-order valence-corrected chi connectivity index (χ2v) is 3.70. The van der Waals surface area contributed by atoms with Crippen LogP contribution in [0.15, 0.2) is 0 Å². The summed E-state index contributed by atoms with van der Waals surface area (Å²) < 4.78 is 0. The summed E-state index contributed by atoms with van der Waals surface area (Å²) >= 11 is 0. The van der Waals surface area contributed by atoms with Gasteiger partial charge in [-0.15, -0.1) is 0 Å². The molecule has 2 unspecified atom stereocenters. The van der Waals surface area contributed by atoms with Crippen LogP contribution >= 0.6 is 0 Å². The van der Waals surface area contributed by atoms with Crippen molar-refractivity contribution in [3.63, 3.8) is 0 Å². The predicted molar refractivity (Wildman–Crippen MR) is 49.4 cm³/mol. The number of rotatable bonds is 3. The van der Waals surface area contributed by atoms with Gasteiger partial charge in [0.05, 0.1) is 6.54 Å². The van der Waals surface area contributed by atoms with E-state index >= 15 is 0 Å². The minimum absolute atomic E-state index is 0.372. The summed E-state index contributed by atoms with van der Waals surface area (Å²) in [5.74, 6) is -3.55. The molecule has 0 aromatic rings. The largest absolute Gasteiger partial charge is 0.480 e. The van der Waals surface area contributed by atoms with E-state index in [2.05, 4.69) is 0 Å². The molecule has 1 aliphatic rings. The normalized spacial score (nSPS) is 29.1. The van der Waals surface area contributed by atoms with Crippen molar-refractivity contribution in [1.29, 1.82) is 0 Å². The van der Waals surface area contributed by atoms with Crippen LogP contribution in [0.3, 0.4) is 0 Å². The zero-order valence-electron chi connectivity index (χ0n) is 8.29. The fourth-order valence-electron chi connectivity index (χ4n) is 1.66. The van der Waals surface area contributed by atoms with E-state index in [1.165, 1.54) is 0 Å². The number of carbonyl (C=O) groups is 3. The van der Waals surface area contributed by atoms with Gasteiger partial charge in [0, 0.05) is 6.42 Å². The first-order valence-corrected chi connectivity index (χ1v) is 4.47. The Morgan fingerprint density at radius 2 is 1.94 bits per heavy atom. The molecular formula is C8H12N2O6. The van der Waals surface area contributed by atoms with E-state index in [4.69, 9.17) is 21.1 Å². The van der Waals surface area contributed by atoms with Crippen molar-refractivity contribution in [1.82, 2.24) is 4.90 Å². The maximum atomic E-state index is 11.2. The Morgan fingerprint density at radius 3 is 2.31 bits per heavy atom. The first kappa shape index (κ1) is 12.4. The van der Waals surface area contributed by atoms with Gasteiger partial charge in [-0.3, -0.25) is 9.59 Å². The molecule has 1 fully saturated rings. The molecule has 1 saturated heterocycles. The lowest BCUT2D eigenvalue weighted by Gasteiger charge is -2.20. The minimum atomic E-state index is -1.77. The van der Waals surface area contributed by atoms with Crippen molar-refractivity contribution in [2.45, 2.75) is 18.0 Å². The number of nitrogens with zero attached hydrogens (tertiary/aromatic N) is 1. The third kappa shape index (κ3) is 1.97. The molecular weight excluding hydrogens is 220 g/mol. The molecule has 5 N–H and O–H groups in total. The van der Waals surface area contributed by atoms with E-state index in [0.29, 0.717) is 0 Å². The van der Waals surface area contributed by atoms with Gasteiger partial charge in [-0.2, -0.15) is 0 Å². The molecule has 1 aliphatic heterocycles. The lowest BCUT2D eigenvalue weighted by molar-refractivity contribution is -0.149. The summed E-state index contributed by atoms with van der Waals surface area (Å²) in [7, 11) is 0. The Balaban J connectivity index is 2.97. The van der Waals surface area contributed by atoms with Crippen molar-refractivity contribution in [2.75, 3.05) is 13.2 Å².